The van der Waals surface area contributed by atoms with Crippen molar-refractivity contribution in [2.75, 3.05) is 0 Å². The van der Waals surface area contributed by atoms with Crippen LogP contribution in [0.15, 0.2) is 12.1 Å². The molecule has 8 heteroatoms. The van der Waals surface area contributed by atoms with Gasteiger partial charge in [0.05, 0.1) is 17.7 Å². The smallest absolute Gasteiger partial charge is 0.183 e. The molecule has 1 aliphatic carbocycles. The van der Waals surface area contributed by atoms with Gasteiger partial charge in [0.15, 0.2) is 17.6 Å². The van der Waals surface area contributed by atoms with Gasteiger partial charge in [-0.3, -0.25) is 4.89 Å². The van der Waals surface area contributed by atoms with Crippen LogP contribution in [0.25, 0.3) is 5.69 Å². The van der Waals surface area contributed by atoms with E-state index in [2.05, 4.69) is 16.0 Å². The molecule has 0 bridgehead atoms. The normalized spacial score (nSPS) is 21.8. The third-order valence-electron chi connectivity index (χ3n) is 4.60. The van der Waals surface area contributed by atoms with Gasteiger partial charge in [-0.15, -0.1) is 6.42 Å². The zero-order valence-electron chi connectivity index (χ0n) is 13.2. The molecular formula is C17H15ClFN3O3. The van der Waals surface area contributed by atoms with E-state index >= 15 is 0 Å². The van der Waals surface area contributed by atoms with Crippen molar-refractivity contribution in [3.8, 4) is 23.8 Å². The van der Waals surface area contributed by atoms with E-state index in [0.717, 1.165) is 43.0 Å². The molecule has 1 aliphatic heterocycles. The molecule has 1 N–H and O–H groups in total. The Kier molecular flexibility index (Phi) is 4.13. The molecule has 6 nitrogen and oxygen atoms in total. The van der Waals surface area contributed by atoms with Gasteiger partial charge in [-0.05, 0) is 31.7 Å². The summed E-state index contributed by atoms with van der Waals surface area (Å²) in [5.74, 6) is 2.00. The van der Waals surface area contributed by atoms with Crippen molar-refractivity contribution >= 4 is 11.6 Å². The Morgan fingerprint density at radius 1 is 1.44 bits per heavy atom. The van der Waals surface area contributed by atoms with Crippen LogP contribution in [0.2, 0.25) is 5.15 Å². The quantitative estimate of drug-likeness (QED) is 0.505. The van der Waals surface area contributed by atoms with Crippen LogP contribution in [0.5, 0.6) is 5.75 Å². The number of terminal acetylenes is 1. The first-order valence-corrected chi connectivity index (χ1v) is 8.40. The minimum atomic E-state index is -0.711. The molecule has 130 valence electrons. The first-order chi connectivity index (χ1) is 12.1. The largest absolute Gasteiger partial charge is 0.596 e. The van der Waals surface area contributed by atoms with E-state index in [1.807, 2.05) is 0 Å². The monoisotopic (exact) mass is 363 g/mol. The molecule has 0 spiro atoms. The van der Waals surface area contributed by atoms with Crippen molar-refractivity contribution in [2.24, 2.45) is 0 Å². The van der Waals surface area contributed by atoms with Crippen LogP contribution in [-0.2, 0) is 17.8 Å². The van der Waals surface area contributed by atoms with Gasteiger partial charge in [0.2, 0.25) is 0 Å². The molecule has 0 saturated carbocycles. The summed E-state index contributed by atoms with van der Waals surface area (Å²) in [6.45, 7) is 0. The maximum Gasteiger partial charge on any atom is 0.183 e. The van der Waals surface area contributed by atoms with Crippen molar-refractivity contribution in [1.82, 2.24) is 9.78 Å². The number of fused-ring (bicyclic) bond motifs is 2. The Bertz CT molecular complexity index is 877. The van der Waals surface area contributed by atoms with E-state index in [4.69, 9.17) is 22.9 Å². The summed E-state index contributed by atoms with van der Waals surface area (Å²) in [6.07, 6.45) is 9.19. The van der Waals surface area contributed by atoms with Gasteiger partial charge in [-0.1, -0.05) is 17.5 Å². The molecule has 4 rings (SSSR count). The van der Waals surface area contributed by atoms with Crippen molar-refractivity contribution in [3.05, 3.63) is 45.1 Å². The Balaban J connectivity index is 1.84. The molecule has 2 heterocycles. The summed E-state index contributed by atoms with van der Waals surface area (Å²) in [6, 6.07) is 1.96. The van der Waals surface area contributed by atoms with E-state index in [-0.39, 0.29) is 17.9 Å². The Labute approximate surface area is 148 Å². The van der Waals surface area contributed by atoms with Crippen LogP contribution >= 0.6 is 11.6 Å². The van der Waals surface area contributed by atoms with Gasteiger partial charge in [0.1, 0.15) is 10.8 Å². The SMILES string of the molecule is C#CCC1c2cc(-n3nc4c(c3Cl)CCCC4)c(F)cc2OO[NH+]1[O-]. The summed E-state index contributed by atoms with van der Waals surface area (Å²) >= 11 is 6.44. The van der Waals surface area contributed by atoms with Crippen molar-refractivity contribution in [2.45, 2.75) is 38.1 Å². The first kappa shape index (κ1) is 16.4. The number of rotatable bonds is 2. The topological polar surface area (TPSA) is 63.8 Å². The number of benzene rings is 1. The fourth-order valence-electron chi connectivity index (χ4n) is 3.32. The minimum absolute atomic E-state index is 0.129. The summed E-state index contributed by atoms with van der Waals surface area (Å²) in [5.41, 5.74) is 2.48. The number of quaternary nitrogens is 1. The molecule has 1 aromatic heterocycles. The van der Waals surface area contributed by atoms with Gasteiger partial charge in [-0.2, -0.15) is 10.3 Å². The van der Waals surface area contributed by atoms with Gasteiger partial charge in [-0.25, -0.2) is 9.07 Å². The highest BCUT2D eigenvalue weighted by Gasteiger charge is 2.32. The molecule has 0 saturated heterocycles. The first-order valence-electron chi connectivity index (χ1n) is 8.02. The van der Waals surface area contributed by atoms with Crippen LogP contribution in [0.4, 0.5) is 4.39 Å². The van der Waals surface area contributed by atoms with Crippen LogP contribution in [-0.4, -0.2) is 9.78 Å². The lowest BCUT2D eigenvalue weighted by molar-refractivity contribution is -1.12. The Hall–Kier alpha value is -2.11. The highest BCUT2D eigenvalue weighted by Crippen LogP contribution is 2.35. The number of aryl methyl sites for hydroxylation is 1. The molecule has 1 aromatic carbocycles. The number of nitrogens with one attached hydrogen (secondary N) is 1. The van der Waals surface area contributed by atoms with Crippen molar-refractivity contribution in [3.63, 3.8) is 0 Å². The van der Waals surface area contributed by atoms with E-state index < -0.39 is 17.1 Å². The Morgan fingerprint density at radius 2 is 2.24 bits per heavy atom. The summed E-state index contributed by atoms with van der Waals surface area (Å²) in [5, 5.41) is 16.2. The summed E-state index contributed by atoms with van der Waals surface area (Å²) in [7, 11) is 0. The molecule has 0 amide bonds. The number of aromatic nitrogens is 2. The van der Waals surface area contributed by atoms with Gasteiger partial charge in [0, 0.05) is 16.6 Å². The number of halogens is 2. The van der Waals surface area contributed by atoms with Gasteiger partial charge < -0.3 is 5.21 Å². The zero-order chi connectivity index (χ0) is 17.6. The number of hydrogen-bond acceptors (Lipinski definition) is 4. The number of nitrogens with zero attached hydrogens (tertiary/aromatic N) is 2. The van der Waals surface area contributed by atoms with Crippen molar-refractivity contribution < 1.29 is 19.5 Å². The van der Waals surface area contributed by atoms with E-state index in [9.17, 15) is 9.60 Å². The second kappa shape index (κ2) is 6.32. The lowest BCUT2D eigenvalue weighted by Gasteiger charge is -2.31. The fourth-order valence-corrected chi connectivity index (χ4v) is 3.66. The third-order valence-corrected chi connectivity index (χ3v) is 4.99. The molecule has 25 heavy (non-hydrogen) atoms. The van der Waals surface area contributed by atoms with E-state index in [1.54, 1.807) is 0 Å². The molecular weight excluding hydrogens is 349 g/mol. The van der Waals surface area contributed by atoms with Crippen LogP contribution in [0.3, 0.4) is 0 Å². The zero-order valence-corrected chi connectivity index (χ0v) is 14.0. The number of hydroxylamine groups is 2. The third kappa shape index (κ3) is 2.68. The molecule has 0 radical (unpaired) electrons. The molecule has 2 unspecified atom stereocenters. The lowest BCUT2D eigenvalue weighted by Crippen LogP contribution is -3.07. The highest BCUT2D eigenvalue weighted by molar-refractivity contribution is 6.30. The summed E-state index contributed by atoms with van der Waals surface area (Å²) in [4.78, 5) is 9.49. The average Bonchev–Trinajstić information content (AvgIpc) is 2.94. The maximum atomic E-state index is 14.6. The standard InChI is InChI=1S/C17H15ClFN3O3/c1-2-5-14-11-8-15(12(19)9-16(11)24-25-22(14)23)21-17(18)10-6-3-4-7-13(10)20-21/h1,8-9,14,22H,3-7H2. The predicted molar refractivity (Wildman–Crippen MR) is 87.4 cm³/mol. The Morgan fingerprint density at radius 3 is 3.00 bits per heavy atom. The second-order valence-corrected chi connectivity index (χ2v) is 6.48. The van der Waals surface area contributed by atoms with Crippen LogP contribution < -0.4 is 10.1 Å². The van der Waals surface area contributed by atoms with E-state index in [1.165, 1.54) is 10.7 Å². The summed E-state index contributed by atoms with van der Waals surface area (Å²) < 4.78 is 16.0. The molecule has 2 aromatic rings. The lowest BCUT2D eigenvalue weighted by atomic mass is 9.98. The predicted octanol–water partition coefficient (Wildman–Crippen LogP) is 2.23. The second-order valence-electron chi connectivity index (χ2n) is 6.12. The molecule has 2 atom stereocenters. The minimum Gasteiger partial charge on any atom is -0.596 e. The van der Waals surface area contributed by atoms with Gasteiger partial charge in [0.25, 0.3) is 0 Å². The van der Waals surface area contributed by atoms with Gasteiger partial charge >= 0.3 is 0 Å². The molecule has 2 aliphatic rings. The van der Waals surface area contributed by atoms with Crippen molar-refractivity contribution in [1.29, 1.82) is 0 Å². The average molecular weight is 364 g/mol. The molecule has 0 fully saturated rings. The highest BCUT2D eigenvalue weighted by atomic mass is 35.5. The van der Waals surface area contributed by atoms with Crippen LogP contribution in [0.1, 0.15) is 42.1 Å². The number of hydrogen-bond donors (Lipinski definition) is 1. The maximum absolute atomic E-state index is 14.6. The fraction of sp³-hybridized carbons (Fsp3) is 0.353. The van der Waals surface area contributed by atoms with Crippen LogP contribution in [0, 0.1) is 23.4 Å². The van der Waals surface area contributed by atoms with E-state index in [0.29, 0.717) is 10.7 Å².